The Morgan fingerprint density at radius 2 is 1.74 bits per heavy atom. The molecule has 0 aliphatic carbocycles. The molecule has 0 amide bonds. The van der Waals surface area contributed by atoms with Gasteiger partial charge < -0.3 is 19.2 Å². The topological polar surface area (TPSA) is 101 Å². The van der Waals surface area contributed by atoms with Crippen LogP contribution in [0.2, 0.25) is 0 Å². The van der Waals surface area contributed by atoms with Gasteiger partial charge >= 0.3 is 5.97 Å². The van der Waals surface area contributed by atoms with E-state index < -0.39 is 5.97 Å². The number of aryl methyl sites for hydroxylation is 2. The Kier molecular flexibility index (Phi) is 6.61. The molecule has 0 fully saturated rings. The summed E-state index contributed by atoms with van der Waals surface area (Å²) in [6, 6.07) is 6.75. The van der Waals surface area contributed by atoms with E-state index in [4.69, 9.17) is 19.5 Å². The minimum absolute atomic E-state index is 0.218. The molecule has 1 heterocycles. The Morgan fingerprint density at radius 3 is 2.37 bits per heavy atom. The minimum Gasteiger partial charge on any atom is -0.490 e. The average Bonchev–Trinajstić information content (AvgIpc) is 2.94. The number of hydrogen-bond donors (Lipinski definition) is 1. The van der Waals surface area contributed by atoms with Gasteiger partial charge in [-0.25, -0.2) is 4.79 Å². The lowest BCUT2D eigenvalue weighted by atomic mass is 10.1. The molecule has 0 aliphatic heterocycles. The first-order chi connectivity index (χ1) is 12.9. The van der Waals surface area contributed by atoms with E-state index >= 15 is 0 Å². The molecule has 27 heavy (non-hydrogen) atoms. The molecule has 0 bridgehead atoms. The summed E-state index contributed by atoms with van der Waals surface area (Å²) >= 11 is 0. The van der Waals surface area contributed by atoms with Crippen LogP contribution in [0.15, 0.2) is 18.2 Å². The van der Waals surface area contributed by atoms with Gasteiger partial charge in [-0.05, 0) is 39.8 Å². The second kappa shape index (κ2) is 8.90. The Bertz CT molecular complexity index is 893. The molecule has 142 valence electrons. The number of carbonyl (C=O) groups excluding carboxylic acids is 2. The Labute approximate surface area is 157 Å². The lowest BCUT2D eigenvalue weighted by molar-refractivity contribution is 0.0522. The van der Waals surface area contributed by atoms with Crippen LogP contribution in [0.4, 0.5) is 0 Å². The predicted octanol–water partition coefficient (Wildman–Crippen LogP) is 3.34. The molecule has 2 rings (SSSR count). The molecule has 0 spiro atoms. The highest BCUT2D eigenvalue weighted by Crippen LogP contribution is 2.29. The molecule has 1 aromatic heterocycles. The lowest BCUT2D eigenvalue weighted by Gasteiger charge is -2.12. The van der Waals surface area contributed by atoms with Crippen molar-refractivity contribution in [3.8, 4) is 17.6 Å². The molecule has 7 heteroatoms. The maximum atomic E-state index is 12.7. The number of H-pyrrole nitrogens is 1. The van der Waals surface area contributed by atoms with Crippen molar-refractivity contribution in [3.05, 3.63) is 46.3 Å². The van der Waals surface area contributed by atoms with Crippen molar-refractivity contribution in [2.75, 3.05) is 19.8 Å². The maximum absolute atomic E-state index is 12.7. The first kappa shape index (κ1) is 20.0. The summed E-state index contributed by atoms with van der Waals surface area (Å²) in [5.41, 5.74) is 2.07. The number of rotatable bonds is 8. The standard InChI is InChI=1S/C20H22N2O5/c1-5-25-17-9-14(10-21)7-8-16(17)27-11-15(23)18-12(3)22-13(4)19(18)20(24)26-6-2/h7-9,22H,5-6,11H2,1-4H3. The second-order valence-electron chi connectivity index (χ2n) is 5.76. The van der Waals surface area contributed by atoms with Crippen LogP contribution in [0.5, 0.6) is 11.5 Å². The van der Waals surface area contributed by atoms with Gasteiger partial charge in [0.05, 0.1) is 36.0 Å². The van der Waals surface area contributed by atoms with Crippen LogP contribution in [-0.2, 0) is 4.74 Å². The molecule has 1 N–H and O–H groups in total. The van der Waals surface area contributed by atoms with Crippen LogP contribution in [0, 0.1) is 25.2 Å². The number of Topliss-reactive ketones (excluding diaryl/α,β-unsaturated/α-hetero) is 1. The molecule has 7 nitrogen and oxygen atoms in total. The summed E-state index contributed by atoms with van der Waals surface area (Å²) in [5.74, 6) is -0.161. The van der Waals surface area contributed by atoms with E-state index in [1.807, 2.05) is 13.0 Å². The minimum atomic E-state index is -0.545. The van der Waals surface area contributed by atoms with E-state index in [-0.39, 0.29) is 30.1 Å². The number of nitrogens with one attached hydrogen (secondary N) is 1. The van der Waals surface area contributed by atoms with Gasteiger partial charge in [0.25, 0.3) is 0 Å². The zero-order chi connectivity index (χ0) is 20.0. The third-order valence-electron chi connectivity index (χ3n) is 3.86. The van der Waals surface area contributed by atoms with E-state index in [1.165, 1.54) is 0 Å². The van der Waals surface area contributed by atoms with Crippen molar-refractivity contribution in [3.63, 3.8) is 0 Å². The number of benzene rings is 1. The molecule has 0 radical (unpaired) electrons. The molecule has 0 atom stereocenters. The molecule has 1 aromatic carbocycles. The van der Waals surface area contributed by atoms with Crippen LogP contribution >= 0.6 is 0 Å². The van der Waals surface area contributed by atoms with Crippen LogP contribution in [0.25, 0.3) is 0 Å². The number of ether oxygens (including phenoxy) is 3. The number of aromatic nitrogens is 1. The number of esters is 1. The molecule has 0 saturated heterocycles. The average molecular weight is 370 g/mol. The number of aromatic amines is 1. The van der Waals surface area contributed by atoms with Crippen LogP contribution in [0.1, 0.15) is 51.5 Å². The van der Waals surface area contributed by atoms with E-state index in [0.29, 0.717) is 35.1 Å². The summed E-state index contributed by atoms with van der Waals surface area (Å²) in [5, 5.41) is 9.00. The number of ketones is 1. The van der Waals surface area contributed by atoms with Crippen LogP contribution in [0.3, 0.4) is 0 Å². The van der Waals surface area contributed by atoms with Gasteiger partial charge in [0.15, 0.2) is 18.1 Å². The summed E-state index contributed by atoms with van der Waals surface area (Å²) < 4.78 is 16.1. The molecule has 0 saturated carbocycles. The van der Waals surface area contributed by atoms with Gasteiger partial charge in [0.2, 0.25) is 5.78 Å². The molecule has 0 unspecified atom stereocenters. The van der Waals surface area contributed by atoms with Gasteiger partial charge in [0, 0.05) is 17.5 Å². The monoisotopic (exact) mass is 370 g/mol. The Hall–Kier alpha value is -3.27. The zero-order valence-corrected chi connectivity index (χ0v) is 15.8. The number of nitriles is 1. The first-order valence-electron chi connectivity index (χ1n) is 8.62. The van der Waals surface area contributed by atoms with Crippen molar-refractivity contribution in [1.29, 1.82) is 5.26 Å². The fourth-order valence-electron chi connectivity index (χ4n) is 2.77. The quantitative estimate of drug-likeness (QED) is 0.565. The SMILES string of the molecule is CCOC(=O)c1c(C)[nH]c(C)c1C(=O)COc1ccc(C#N)cc1OCC. The van der Waals surface area contributed by atoms with Gasteiger partial charge in [-0.1, -0.05) is 0 Å². The van der Waals surface area contributed by atoms with Crippen molar-refractivity contribution < 1.29 is 23.8 Å². The van der Waals surface area contributed by atoms with Crippen molar-refractivity contribution in [2.24, 2.45) is 0 Å². The third-order valence-corrected chi connectivity index (χ3v) is 3.86. The second-order valence-corrected chi connectivity index (χ2v) is 5.76. The van der Waals surface area contributed by atoms with Crippen molar-refractivity contribution in [2.45, 2.75) is 27.7 Å². The first-order valence-corrected chi connectivity index (χ1v) is 8.62. The van der Waals surface area contributed by atoms with Crippen LogP contribution in [-0.4, -0.2) is 36.6 Å². The van der Waals surface area contributed by atoms with Gasteiger partial charge in [0.1, 0.15) is 0 Å². The zero-order valence-electron chi connectivity index (χ0n) is 15.8. The van der Waals surface area contributed by atoms with Crippen molar-refractivity contribution >= 4 is 11.8 Å². The van der Waals surface area contributed by atoms with E-state index in [0.717, 1.165) is 0 Å². The highest BCUT2D eigenvalue weighted by atomic mass is 16.5. The highest BCUT2D eigenvalue weighted by Gasteiger charge is 2.25. The summed E-state index contributed by atoms with van der Waals surface area (Å²) in [4.78, 5) is 27.9. The maximum Gasteiger partial charge on any atom is 0.340 e. The van der Waals surface area contributed by atoms with Gasteiger partial charge in [-0.2, -0.15) is 5.26 Å². The summed E-state index contributed by atoms with van der Waals surface area (Å²) in [6.07, 6.45) is 0. The molecular weight excluding hydrogens is 348 g/mol. The largest absolute Gasteiger partial charge is 0.490 e. The van der Waals surface area contributed by atoms with E-state index in [1.54, 1.807) is 39.0 Å². The number of carbonyl (C=O) groups is 2. The van der Waals surface area contributed by atoms with E-state index in [2.05, 4.69) is 4.98 Å². The predicted molar refractivity (Wildman–Crippen MR) is 98.4 cm³/mol. The molecular formula is C20H22N2O5. The molecule has 2 aromatic rings. The number of hydrogen-bond acceptors (Lipinski definition) is 6. The summed E-state index contributed by atoms with van der Waals surface area (Å²) in [6.45, 7) is 7.28. The summed E-state index contributed by atoms with van der Waals surface area (Å²) in [7, 11) is 0. The van der Waals surface area contributed by atoms with Crippen molar-refractivity contribution in [1.82, 2.24) is 4.98 Å². The fraction of sp³-hybridized carbons (Fsp3) is 0.350. The third kappa shape index (κ3) is 4.47. The highest BCUT2D eigenvalue weighted by molar-refractivity contribution is 6.08. The normalized spacial score (nSPS) is 10.2. The lowest BCUT2D eigenvalue weighted by Crippen LogP contribution is -2.17. The van der Waals surface area contributed by atoms with Gasteiger partial charge in [-0.15, -0.1) is 0 Å². The van der Waals surface area contributed by atoms with Gasteiger partial charge in [-0.3, -0.25) is 4.79 Å². The van der Waals surface area contributed by atoms with E-state index in [9.17, 15) is 9.59 Å². The smallest absolute Gasteiger partial charge is 0.340 e. The fourth-order valence-corrected chi connectivity index (χ4v) is 2.77. The molecule has 0 aliphatic rings. The Morgan fingerprint density at radius 1 is 1.04 bits per heavy atom. The number of nitrogens with zero attached hydrogens (tertiary/aromatic N) is 1. The van der Waals surface area contributed by atoms with Crippen LogP contribution < -0.4 is 9.47 Å². The Balaban J connectivity index is 2.25.